The molecule has 2 N–H and O–H groups in total. The van der Waals surface area contributed by atoms with Crippen LogP contribution in [-0.2, 0) is 4.74 Å². The molecule has 2 aromatic heterocycles. The van der Waals surface area contributed by atoms with Crippen molar-refractivity contribution in [2.75, 3.05) is 18.5 Å². The minimum absolute atomic E-state index is 0.254. The molecule has 1 aliphatic rings. The molecule has 3 rings (SSSR count). The van der Waals surface area contributed by atoms with Crippen molar-refractivity contribution in [2.45, 2.75) is 25.9 Å². The molecule has 0 aliphatic carbocycles. The lowest BCUT2D eigenvalue weighted by atomic mass is 10.2. The Morgan fingerprint density at radius 3 is 3.33 bits per heavy atom. The molecule has 7 heteroatoms. The van der Waals surface area contributed by atoms with Gasteiger partial charge in [0.15, 0.2) is 5.65 Å². The van der Waals surface area contributed by atoms with Gasteiger partial charge in [0.25, 0.3) is 0 Å². The van der Waals surface area contributed by atoms with E-state index in [1.54, 1.807) is 13.0 Å². The number of anilines is 1. The highest BCUT2D eigenvalue weighted by Gasteiger charge is 2.15. The van der Waals surface area contributed by atoms with E-state index in [9.17, 15) is 4.79 Å². The molecule has 96 valence electrons. The van der Waals surface area contributed by atoms with E-state index in [1.807, 2.05) is 0 Å². The van der Waals surface area contributed by atoms with Gasteiger partial charge in [0, 0.05) is 19.2 Å². The van der Waals surface area contributed by atoms with Crippen LogP contribution in [0, 0.1) is 6.92 Å². The standard InChI is InChI=1S/C11H15N5O2/c1-7-13-9(12-6-8-3-2-4-18-8)5-10-14-15-11(17)16(7)10/h5,8,12H,2-4,6H2,1H3,(H,15,17). The molecule has 0 aromatic carbocycles. The maximum absolute atomic E-state index is 11.4. The first kappa shape index (κ1) is 11.2. The highest BCUT2D eigenvalue weighted by molar-refractivity contribution is 5.49. The van der Waals surface area contributed by atoms with Crippen molar-refractivity contribution in [3.63, 3.8) is 0 Å². The van der Waals surface area contributed by atoms with Crippen molar-refractivity contribution >= 4 is 11.5 Å². The highest BCUT2D eigenvalue weighted by atomic mass is 16.5. The third-order valence-electron chi connectivity index (χ3n) is 3.10. The predicted octanol–water partition coefficient (Wildman–Crippen LogP) is 0.317. The maximum atomic E-state index is 11.4. The first-order chi connectivity index (χ1) is 8.74. The number of nitrogens with one attached hydrogen (secondary N) is 2. The molecule has 2 aromatic rings. The number of hydrogen-bond donors (Lipinski definition) is 2. The van der Waals surface area contributed by atoms with Crippen LogP contribution in [0.3, 0.4) is 0 Å². The molecule has 7 nitrogen and oxygen atoms in total. The minimum Gasteiger partial charge on any atom is -0.376 e. The second kappa shape index (κ2) is 4.41. The van der Waals surface area contributed by atoms with Gasteiger partial charge in [0.05, 0.1) is 6.10 Å². The van der Waals surface area contributed by atoms with Crippen LogP contribution in [0.1, 0.15) is 18.7 Å². The van der Waals surface area contributed by atoms with Crippen molar-refractivity contribution < 1.29 is 4.74 Å². The molecule has 1 saturated heterocycles. The second-order valence-electron chi connectivity index (χ2n) is 4.43. The number of hydrogen-bond acceptors (Lipinski definition) is 5. The fraction of sp³-hybridized carbons (Fsp3) is 0.545. The van der Waals surface area contributed by atoms with Gasteiger partial charge in [-0.3, -0.25) is 0 Å². The lowest BCUT2D eigenvalue weighted by molar-refractivity contribution is 0.120. The largest absolute Gasteiger partial charge is 0.376 e. The zero-order valence-electron chi connectivity index (χ0n) is 10.1. The van der Waals surface area contributed by atoms with Gasteiger partial charge in [0.2, 0.25) is 0 Å². The van der Waals surface area contributed by atoms with Crippen LogP contribution in [0.25, 0.3) is 5.65 Å². The first-order valence-electron chi connectivity index (χ1n) is 6.04. The number of aromatic nitrogens is 4. The van der Waals surface area contributed by atoms with E-state index >= 15 is 0 Å². The summed E-state index contributed by atoms with van der Waals surface area (Å²) in [6.07, 6.45) is 2.45. The molecule has 1 fully saturated rings. The minimum atomic E-state index is -0.263. The maximum Gasteiger partial charge on any atom is 0.349 e. The van der Waals surface area contributed by atoms with Crippen molar-refractivity contribution in [1.82, 2.24) is 19.6 Å². The van der Waals surface area contributed by atoms with E-state index in [4.69, 9.17) is 4.74 Å². The smallest absolute Gasteiger partial charge is 0.349 e. The summed E-state index contributed by atoms with van der Waals surface area (Å²) in [7, 11) is 0. The lowest BCUT2D eigenvalue weighted by Crippen LogP contribution is -2.20. The third-order valence-corrected chi connectivity index (χ3v) is 3.10. The molecule has 0 spiro atoms. The highest BCUT2D eigenvalue weighted by Crippen LogP contribution is 2.13. The van der Waals surface area contributed by atoms with Gasteiger partial charge in [-0.25, -0.2) is 19.3 Å². The summed E-state index contributed by atoms with van der Waals surface area (Å²) in [5, 5.41) is 9.56. The Labute approximate surface area is 103 Å². The van der Waals surface area contributed by atoms with E-state index < -0.39 is 0 Å². The predicted molar refractivity (Wildman–Crippen MR) is 65.8 cm³/mol. The Morgan fingerprint density at radius 2 is 2.56 bits per heavy atom. The zero-order chi connectivity index (χ0) is 12.5. The monoisotopic (exact) mass is 249 g/mol. The van der Waals surface area contributed by atoms with E-state index in [-0.39, 0.29) is 11.8 Å². The van der Waals surface area contributed by atoms with Crippen LogP contribution in [0.5, 0.6) is 0 Å². The van der Waals surface area contributed by atoms with Gasteiger partial charge in [0.1, 0.15) is 11.6 Å². The van der Waals surface area contributed by atoms with Crippen LogP contribution in [0.4, 0.5) is 5.82 Å². The van der Waals surface area contributed by atoms with Crippen LogP contribution in [-0.4, -0.2) is 38.8 Å². The van der Waals surface area contributed by atoms with E-state index in [1.165, 1.54) is 4.40 Å². The summed E-state index contributed by atoms with van der Waals surface area (Å²) in [6, 6.07) is 1.75. The summed E-state index contributed by atoms with van der Waals surface area (Å²) in [6.45, 7) is 3.35. The van der Waals surface area contributed by atoms with Crippen LogP contribution in [0.15, 0.2) is 10.9 Å². The molecule has 0 bridgehead atoms. The normalized spacial score (nSPS) is 19.5. The Balaban J connectivity index is 1.81. The number of nitrogens with zero attached hydrogens (tertiary/aromatic N) is 3. The van der Waals surface area contributed by atoms with Crippen molar-refractivity contribution in [2.24, 2.45) is 0 Å². The Kier molecular flexibility index (Phi) is 2.75. The van der Waals surface area contributed by atoms with Gasteiger partial charge in [-0.2, -0.15) is 5.10 Å². The van der Waals surface area contributed by atoms with E-state index in [2.05, 4.69) is 20.5 Å². The number of fused-ring (bicyclic) bond motifs is 1. The first-order valence-corrected chi connectivity index (χ1v) is 6.04. The Bertz CT molecular complexity index is 611. The van der Waals surface area contributed by atoms with Crippen LogP contribution in [0.2, 0.25) is 0 Å². The summed E-state index contributed by atoms with van der Waals surface area (Å²) >= 11 is 0. The molecule has 0 saturated carbocycles. The second-order valence-corrected chi connectivity index (χ2v) is 4.43. The molecular weight excluding hydrogens is 234 g/mol. The molecule has 0 radical (unpaired) electrons. The van der Waals surface area contributed by atoms with Crippen molar-refractivity contribution in [3.05, 3.63) is 22.4 Å². The van der Waals surface area contributed by atoms with Crippen LogP contribution < -0.4 is 11.0 Å². The number of ether oxygens (including phenoxy) is 1. The van der Waals surface area contributed by atoms with Crippen molar-refractivity contribution in [3.8, 4) is 0 Å². The zero-order valence-corrected chi connectivity index (χ0v) is 10.1. The lowest BCUT2D eigenvalue weighted by Gasteiger charge is -2.11. The van der Waals surface area contributed by atoms with Gasteiger partial charge in [-0.1, -0.05) is 0 Å². The summed E-state index contributed by atoms with van der Waals surface area (Å²) < 4.78 is 6.97. The van der Waals surface area contributed by atoms with Gasteiger partial charge < -0.3 is 10.1 Å². The fourth-order valence-corrected chi connectivity index (χ4v) is 2.21. The number of aromatic amines is 1. The Hall–Kier alpha value is -1.89. The Morgan fingerprint density at radius 1 is 1.67 bits per heavy atom. The van der Waals surface area contributed by atoms with Gasteiger partial charge >= 0.3 is 5.69 Å². The molecule has 1 unspecified atom stereocenters. The van der Waals surface area contributed by atoms with E-state index in [0.717, 1.165) is 31.8 Å². The number of aryl methyl sites for hydroxylation is 1. The summed E-state index contributed by atoms with van der Waals surface area (Å²) in [5.74, 6) is 1.33. The average Bonchev–Trinajstić information content (AvgIpc) is 2.97. The van der Waals surface area contributed by atoms with Crippen molar-refractivity contribution in [1.29, 1.82) is 0 Å². The van der Waals surface area contributed by atoms with Gasteiger partial charge in [-0.05, 0) is 19.8 Å². The number of H-pyrrole nitrogens is 1. The molecule has 0 amide bonds. The fourth-order valence-electron chi connectivity index (χ4n) is 2.21. The third kappa shape index (κ3) is 1.97. The summed E-state index contributed by atoms with van der Waals surface area (Å²) in [5.41, 5.74) is 0.308. The summed E-state index contributed by atoms with van der Waals surface area (Å²) in [4.78, 5) is 15.8. The molecule has 1 atom stereocenters. The molecule has 18 heavy (non-hydrogen) atoms. The molecular formula is C11H15N5O2. The number of rotatable bonds is 3. The average molecular weight is 249 g/mol. The molecule has 3 heterocycles. The van der Waals surface area contributed by atoms with E-state index in [0.29, 0.717) is 11.5 Å². The molecule has 1 aliphatic heterocycles. The quantitative estimate of drug-likeness (QED) is 0.818. The SMILES string of the molecule is Cc1nc(NCC2CCCO2)cc2n[nH]c(=O)n12. The van der Waals surface area contributed by atoms with Crippen LogP contribution >= 0.6 is 0 Å². The topological polar surface area (TPSA) is 84.3 Å². The van der Waals surface area contributed by atoms with Gasteiger partial charge in [-0.15, -0.1) is 0 Å².